The van der Waals surface area contributed by atoms with E-state index >= 15 is 0 Å². The highest BCUT2D eigenvalue weighted by atomic mass is 16.5. The number of anilines is 1. The molecule has 1 heterocycles. The van der Waals surface area contributed by atoms with Crippen molar-refractivity contribution in [1.29, 1.82) is 0 Å². The second-order valence-electron chi connectivity index (χ2n) is 5.25. The van der Waals surface area contributed by atoms with Crippen LogP contribution in [0.15, 0.2) is 65.4 Å². The molecule has 0 radical (unpaired) electrons. The summed E-state index contributed by atoms with van der Waals surface area (Å²) in [6, 6.07) is 16.9. The van der Waals surface area contributed by atoms with Crippen LogP contribution in [0, 0.1) is 0 Å². The van der Waals surface area contributed by atoms with Crippen LogP contribution in [0.3, 0.4) is 0 Å². The second kappa shape index (κ2) is 7.52. The molecule has 0 fully saturated rings. The predicted octanol–water partition coefficient (Wildman–Crippen LogP) is 3.28. The molecular formula is C18H17N3O3. The molecule has 0 spiro atoms. The largest absolute Gasteiger partial charge is 0.423 e. The van der Waals surface area contributed by atoms with E-state index in [4.69, 9.17) is 9.15 Å². The average Bonchev–Trinajstić information content (AvgIpc) is 3.15. The Morgan fingerprint density at radius 3 is 2.79 bits per heavy atom. The number of carbonyl (C=O) groups is 1. The molecule has 0 saturated heterocycles. The van der Waals surface area contributed by atoms with E-state index < -0.39 is 6.10 Å². The van der Waals surface area contributed by atoms with Gasteiger partial charge in [-0.2, -0.15) is 0 Å². The maximum Gasteiger partial charge on any atom is 0.253 e. The molecule has 0 aliphatic heterocycles. The van der Waals surface area contributed by atoms with Crippen LogP contribution in [0.2, 0.25) is 0 Å². The van der Waals surface area contributed by atoms with Crippen molar-refractivity contribution < 1.29 is 13.9 Å². The van der Waals surface area contributed by atoms with Gasteiger partial charge in [-0.05, 0) is 30.7 Å². The highest BCUT2D eigenvalue weighted by molar-refractivity contribution is 5.94. The topological polar surface area (TPSA) is 77.2 Å². The minimum Gasteiger partial charge on any atom is -0.423 e. The van der Waals surface area contributed by atoms with Gasteiger partial charge in [-0.3, -0.25) is 4.79 Å². The zero-order valence-corrected chi connectivity index (χ0v) is 13.2. The molecule has 0 aliphatic carbocycles. The van der Waals surface area contributed by atoms with Crippen LogP contribution in [0.1, 0.15) is 12.5 Å². The normalized spacial score (nSPS) is 11.9. The molecule has 0 bridgehead atoms. The van der Waals surface area contributed by atoms with Crippen LogP contribution in [0.25, 0.3) is 11.5 Å². The first-order valence-corrected chi connectivity index (χ1v) is 7.55. The van der Waals surface area contributed by atoms with E-state index in [1.54, 1.807) is 19.1 Å². The SMILES string of the molecule is CC(OCc1ccccc1)C(=O)Nc1cccc(-c2nnco2)c1. The van der Waals surface area contributed by atoms with E-state index in [2.05, 4.69) is 15.5 Å². The van der Waals surface area contributed by atoms with Crippen molar-refractivity contribution in [3.05, 3.63) is 66.6 Å². The van der Waals surface area contributed by atoms with E-state index in [1.165, 1.54) is 6.39 Å². The number of aromatic nitrogens is 2. The number of ether oxygens (including phenoxy) is 1. The zero-order chi connectivity index (χ0) is 16.8. The molecule has 2 aromatic carbocycles. The Balaban J connectivity index is 1.59. The third-order valence-corrected chi connectivity index (χ3v) is 3.45. The highest BCUT2D eigenvalue weighted by Gasteiger charge is 2.14. The number of hydrogen-bond donors (Lipinski definition) is 1. The molecule has 0 aliphatic rings. The first-order chi connectivity index (χ1) is 11.7. The van der Waals surface area contributed by atoms with Gasteiger partial charge < -0.3 is 14.5 Å². The van der Waals surface area contributed by atoms with Gasteiger partial charge in [0.1, 0.15) is 6.10 Å². The summed E-state index contributed by atoms with van der Waals surface area (Å²) in [5, 5.41) is 10.3. The van der Waals surface area contributed by atoms with Crippen LogP contribution in [-0.2, 0) is 16.1 Å². The minimum absolute atomic E-state index is 0.214. The Morgan fingerprint density at radius 1 is 1.21 bits per heavy atom. The molecule has 1 unspecified atom stereocenters. The highest BCUT2D eigenvalue weighted by Crippen LogP contribution is 2.20. The fourth-order valence-electron chi connectivity index (χ4n) is 2.14. The molecule has 3 aromatic rings. The lowest BCUT2D eigenvalue weighted by atomic mass is 10.2. The van der Waals surface area contributed by atoms with E-state index in [-0.39, 0.29) is 5.91 Å². The number of nitrogens with zero attached hydrogens (tertiary/aromatic N) is 2. The molecule has 24 heavy (non-hydrogen) atoms. The standard InChI is InChI=1S/C18H17N3O3/c1-13(23-11-14-6-3-2-4-7-14)17(22)20-16-9-5-8-15(10-16)18-21-19-12-24-18/h2-10,12-13H,11H2,1H3,(H,20,22). The van der Waals surface area contributed by atoms with E-state index in [9.17, 15) is 4.79 Å². The number of nitrogens with one attached hydrogen (secondary N) is 1. The summed E-state index contributed by atoms with van der Waals surface area (Å²) in [5.74, 6) is 0.188. The molecule has 0 saturated carbocycles. The van der Waals surface area contributed by atoms with Gasteiger partial charge in [0.15, 0.2) is 0 Å². The van der Waals surface area contributed by atoms with Crippen molar-refractivity contribution in [2.45, 2.75) is 19.6 Å². The monoisotopic (exact) mass is 323 g/mol. The smallest absolute Gasteiger partial charge is 0.253 e. The number of carbonyl (C=O) groups excluding carboxylic acids is 1. The molecule has 122 valence electrons. The number of hydrogen-bond acceptors (Lipinski definition) is 5. The molecule has 1 N–H and O–H groups in total. The summed E-state index contributed by atoms with van der Waals surface area (Å²) in [6.07, 6.45) is 0.692. The number of benzene rings is 2. The Hall–Kier alpha value is -2.99. The first kappa shape index (κ1) is 15.9. The first-order valence-electron chi connectivity index (χ1n) is 7.55. The summed E-state index contributed by atoms with van der Waals surface area (Å²) in [5.41, 5.74) is 2.41. The van der Waals surface area contributed by atoms with Crippen molar-refractivity contribution >= 4 is 11.6 Å². The van der Waals surface area contributed by atoms with Gasteiger partial charge in [0.25, 0.3) is 5.91 Å². The third kappa shape index (κ3) is 4.05. The molecule has 1 amide bonds. The molecule has 1 aromatic heterocycles. The fraction of sp³-hybridized carbons (Fsp3) is 0.167. The van der Waals surface area contributed by atoms with E-state index in [1.807, 2.05) is 42.5 Å². The maximum atomic E-state index is 12.2. The van der Waals surface area contributed by atoms with Gasteiger partial charge in [-0.15, -0.1) is 10.2 Å². The maximum absolute atomic E-state index is 12.2. The lowest BCUT2D eigenvalue weighted by Gasteiger charge is -2.13. The zero-order valence-electron chi connectivity index (χ0n) is 13.2. The van der Waals surface area contributed by atoms with Gasteiger partial charge in [0.05, 0.1) is 6.61 Å². The van der Waals surface area contributed by atoms with Crippen molar-refractivity contribution in [1.82, 2.24) is 10.2 Å². The van der Waals surface area contributed by atoms with Crippen LogP contribution >= 0.6 is 0 Å². The minimum atomic E-state index is -0.572. The number of rotatable bonds is 6. The van der Waals surface area contributed by atoms with Gasteiger partial charge in [0, 0.05) is 11.3 Å². The van der Waals surface area contributed by atoms with Crippen molar-refractivity contribution in [2.75, 3.05) is 5.32 Å². The predicted molar refractivity (Wildman–Crippen MR) is 89.1 cm³/mol. The van der Waals surface area contributed by atoms with Gasteiger partial charge >= 0.3 is 0 Å². The van der Waals surface area contributed by atoms with Crippen molar-refractivity contribution in [2.24, 2.45) is 0 Å². The quantitative estimate of drug-likeness (QED) is 0.753. The Labute approximate surface area is 139 Å². The lowest BCUT2D eigenvalue weighted by Crippen LogP contribution is -2.27. The third-order valence-electron chi connectivity index (χ3n) is 3.45. The van der Waals surface area contributed by atoms with Crippen molar-refractivity contribution in [3.63, 3.8) is 0 Å². The summed E-state index contributed by atoms with van der Waals surface area (Å²) < 4.78 is 10.8. The lowest BCUT2D eigenvalue weighted by molar-refractivity contribution is -0.127. The molecule has 6 nitrogen and oxygen atoms in total. The van der Waals surface area contributed by atoms with Crippen LogP contribution in [0.5, 0.6) is 0 Å². The second-order valence-corrected chi connectivity index (χ2v) is 5.25. The summed E-state index contributed by atoms with van der Waals surface area (Å²) >= 11 is 0. The Kier molecular flexibility index (Phi) is 4.98. The van der Waals surface area contributed by atoms with Gasteiger partial charge in [-0.1, -0.05) is 36.4 Å². The average molecular weight is 323 g/mol. The molecular weight excluding hydrogens is 306 g/mol. The van der Waals surface area contributed by atoms with E-state index in [0.717, 1.165) is 11.1 Å². The van der Waals surface area contributed by atoms with Crippen LogP contribution < -0.4 is 5.32 Å². The fourth-order valence-corrected chi connectivity index (χ4v) is 2.14. The van der Waals surface area contributed by atoms with Crippen LogP contribution in [-0.4, -0.2) is 22.2 Å². The van der Waals surface area contributed by atoms with E-state index in [0.29, 0.717) is 18.2 Å². The van der Waals surface area contributed by atoms with Crippen LogP contribution in [0.4, 0.5) is 5.69 Å². The van der Waals surface area contributed by atoms with Gasteiger partial charge in [-0.25, -0.2) is 0 Å². The Morgan fingerprint density at radius 2 is 2.04 bits per heavy atom. The van der Waals surface area contributed by atoms with Crippen molar-refractivity contribution in [3.8, 4) is 11.5 Å². The Bertz CT molecular complexity index is 788. The molecule has 3 rings (SSSR count). The number of amides is 1. The summed E-state index contributed by atoms with van der Waals surface area (Å²) in [6.45, 7) is 2.11. The summed E-state index contributed by atoms with van der Waals surface area (Å²) in [4.78, 5) is 12.2. The summed E-state index contributed by atoms with van der Waals surface area (Å²) in [7, 11) is 0. The van der Waals surface area contributed by atoms with Gasteiger partial charge in [0.2, 0.25) is 12.3 Å². The molecule has 6 heteroatoms. The molecule has 1 atom stereocenters.